The molecule has 4 heterocycles. The summed E-state index contributed by atoms with van der Waals surface area (Å²) in [6, 6.07) is 66.8. The fourth-order valence-electron chi connectivity index (χ4n) is 8.64. The number of aromatic nitrogens is 6. The van der Waals surface area contributed by atoms with Crippen molar-refractivity contribution in [1.82, 2.24) is 29.1 Å². The first-order chi connectivity index (χ1) is 29.3. The Kier molecular flexibility index (Phi) is 7.40. The summed E-state index contributed by atoms with van der Waals surface area (Å²) < 4.78 is 11.2. The monoisotopic (exact) mass is 756 g/mol. The lowest BCUT2D eigenvalue weighted by Gasteiger charge is -2.14. The Bertz CT molecular complexity index is 3550. The molecule has 8 aromatic carbocycles. The van der Waals surface area contributed by atoms with Crippen LogP contribution in [0.5, 0.6) is 0 Å². The summed E-state index contributed by atoms with van der Waals surface area (Å²) in [5.41, 5.74) is 11.2. The highest BCUT2D eigenvalue weighted by molar-refractivity contribution is 6.23. The van der Waals surface area contributed by atoms with Gasteiger partial charge in [0.15, 0.2) is 17.2 Å². The van der Waals surface area contributed by atoms with Crippen LogP contribution in [0, 0.1) is 0 Å². The second-order valence-electron chi connectivity index (χ2n) is 14.6. The molecule has 276 valence electrons. The van der Waals surface area contributed by atoms with E-state index in [1.54, 1.807) is 0 Å². The van der Waals surface area contributed by atoms with Crippen LogP contribution < -0.4 is 0 Å². The summed E-state index contributed by atoms with van der Waals surface area (Å²) >= 11 is 0. The van der Waals surface area contributed by atoms with E-state index in [1.165, 1.54) is 5.39 Å². The molecule has 0 aliphatic heterocycles. The zero-order chi connectivity index (χ0) is 38.9. The third-order valence-electron chi connectivity index (χ3n) is 11.2. The standard InChI is InChI=1S/C52H32N6O/c1-4-17-33(18-5-1)36-23-10-11-26-41(36)49-54-50(42-27-16-28-43-48(42)59-51(53-43)34-19-6-2-7-20-34)56-52(55-49)58-45-30-15-13-25-38(45)40-32-31-39-37-24-12-14-29-44(37)57(46(39)47(40)58)35-21-8-3-9-22-35/h1-32H. The molecule has 0 spiro atoms. The summed E-state index contributed by atoms with van der Waals surface area (Å²) in [6.07, 6.45) is 0. The van der Waals surface area contributed by atoms with Crippen LogP contribution in [0.25, 0.3) is 112 Å². The van der Waals surface area contributed by atoms with Gasteiger partial charge in [-0.15, -0.1) is 0 Å². The molecule has 59 heavy (non-hydrogen) atoms. The van der Waals surface area contributed by atoms with Crippen LogP contribution in [-0.4, -0.2) is 29.1 Å². The van der Waals surface area contributed by atoms with Crippen molar-refractivity contribution in [1.29, 1.82) is 0 Å². The molecule has 0 radical (unpaired) electrons. The van der Waals surface area contributed by atoms with Crippen LogP contribution in [0.4, 0.5) is 0 Å². The Hall–Kier alpha value is -8.16. The van der Waals surface area contributed by atoms with Crippen molar-refractivity contribution in [3.63, 3.8) is 0 Å². The largest absolute Gasteiger partial charge is 0.435 e. The summed E-state index contributed by atoms with van der Waals surface area (Å²) in [4.78, 5) is 21.1. The Morgan fingerprint density at radius 2 is 0.881 bits per heavy atom. The van der Waals surface area contributed by atoms with Crippen LogP contribution in [-0.2, 0) is 0 Å². The first-order valence-electron chi connectivity index (χ1n) is 19.7. The number of benzene rings is 8. The van der Waals surface area contributed by atoms with Crippen LogP contribution in [0.2, 0.25) is 0 Å². The SMILES string of the molecule is c1ccc(-c2nc3cccc(-c4nc(-c5ccccc5-c5ccccc5)nc(-n5c6ccccc6c6ccc7c8ccccc8n(-c8ccccc8)c7c65)n4)c3o2)cc1. The first kappa shape index (κ1) is 33.0. The van der Waals surface area contributed by atoms with Gasteiger partial charge in [-0.05, 0) is 59.7 Å². The minimum absolute atomic E-state index is 0.482. The van der Waals surface area contributed by atoms with E-state index in [9.17, 15) is 0 Å². The molecule has 4 aromatic heterocycles. The Morgan fingerprint density at radius 1 is 0.356 bits per heavy atom. The van der Waals surface area contributed by atoms with E-state index in [4.69, 9.17) is 24.4 Å². The van der Waals surface area contributed by atoms with Gasteiger partial charge in [-0.25, -0.2) is 9.97 Å². The highest BCUT2D eigenvalue weighted by Gasteiger charge is 2.25. The Balaban J connectivity index is 1.21. The lowest BCUT2D eigenvalue weighted by atomic mass is 9.99. The second-order valence-corrected chi connectivity index (χ2v) is 14.6. The molecule has 7 nitrogen and oxygen atoms in total. The van der Waals surface area contributed by atoms with Crippen molar-refractivity contribution in [2.45, 2.75) is 0 Å². The number of fused-ring (bicyclic) bond motifs is 8. The maximum absolute atomic E-state index is 6.58. The smallest absolute Gasteiger partial charge is 0.238 e. The quantitative estimate of drug-likeness (QED) is 0.169. The lowest BCUT2D eigenvalue weighted by molar-refractivity contribution is 0.620. The number of nitrogens with zero attached hydrogens (tertiary/aromatic N) is 6. The predicted octanol–water partition coefficient (Wildman–Crippen LogP) is 12.9. The van der Waals surface area contributed by atoms with E-state index in [-0.39, 0.29) is 0 Å². The molecule has 0 fully saturated rings. The van der Waals surface area contributed by atoms with Gasteiger partial charge < -0.3 is 8.98 Å². The van der Waals surface area contributed by atoms with Crippen LogP contribution >= 0.6 is 0 Å². The maximum Gasteiger partial charge on any atom is 0.238 e. The molecule has 0 atom stereocenters. The molecule has 0 saturated carbocycles. The highest BCUT2D eigenvalue weighted by atomic mass is 16.3. The average molecular weight is 757 g/mol. The lowest BCUT2D eigenvalue weighted by Crippen LogP contribution is -2.07. The molecule has 0 bridgehead atoms. The summed E-state index contributed by atoms with van der Waals surface area (Å²) in [7, 11) is 0. The van der Waals surface area contributed by atoms with Crippen molar-refractivity contribution in [3.8, 4) is 57.0 Å². The maximum atomic E-state index is 6.58. The number of hydrogen-bond acceptors (Lipinski definition) is 5. The highest BCUT2D eigenvalue weighted by Crippen LogP contribution is 2.42. The predicted molar refractivity (Wildman–Crippen MR) is 238 cm³/mol. The molecule has 0 amide bonds. The van der Waals surface area contributed by atoms with E-state index in [0.717, 1.165) is 77.2 Å². The normalized spacial score (nSPS) is 11.7. The van der Waals surface area contributed by atoms with Crippen molar-refractivity contribution in [2.75, 3.05) is 0 Å². The van der Waals surface area contributed by atoms with Gasteiger partial charge in [0.25, 0.3) is 0 Å². The van der Waals surface area contributed by atoms with E-state index in [0.29, 0.717) is 29.1 Å². The molecule has 0 aliphatic carbocycles. The van der Waals surface area contributed by atoms with Gasteiger partial charge in [-0.2, -0.15) is 9.97 Å². The van der Waals surface area contributed by atoms with E-state index < -0.39 is 0 Å². The number of rotatable bonds is 6. The molecule has 0 unspecified atom stereocenters. The fourth-order valence-corrected chi connectivity index (χ4v) is 8.64. The first-order valence-corrected chi connectivity index (χ1v) is 19.7. The third kappa shape index (κ3) is 5.22. The number of hydrogen-bond donors (Lipinski definition) is 0. The van der Waals surface area contributed by atoms with Gasteiger partial charge in [0.1, 0.15) is 5.52 Å². The number of para-hydroxylation sites is 4. The fraction of sp³-hybridized carbons (Fsp3) is 0. The zero-order valence-corrected chi connectivity index (χ0v) is 31.6. The minimum atomic E-state index is 0.482. The molecule has 12 rings (SSSR count). The molecule has 7 heteroatoms. The van der Waals surface area contributed by atoms with E-state index in [1.807, 2.05) is 60.7 Å². The molecule has 12 aromatic rings. The van der Waals surface area contributed by atoms with Gasteiger partial charge in [-0.3, -0.25) is 4.57 Å². The van der Waals surface area contributed by atoms with E-state index in [2.05, 4.69) is 143 Å². The summed E-state index contributed by atoms with van der Waals surface area (Å²) in [5, 5.41) is 4.52. The Labute approximate surface area is 338 Å². The summed E-state index contributed by atoms with van der Waals surface area (Å²) in [6.45, 7) is 0. The van der Waals surface area contributed by atoms with Gasteiger partial charge in [0.05, 0.1) is 27.6 Å². The van der Waals surface area contributed by atoms with Crippen molar-refractivity contribution < 1.29 is 4.42 Å². The van der Waals surface area contributed by atoms with Crippen LogP contribution in [0.1, 0.15) is 0 Å². The van der Waals surface area contributed by atoms with Crippen LogP contribution in [0.15, 0.2) is 199 Å². The van der Waals surface area contributed by atoms with Gasteiger partial charge in [0.2, 0.25) is 11.8 Å². The Morgan fingerprint density at radius 3 is 1.58 bits per heavy atom. The third-order valence-corrected chi connectivity index (χ3v) is 11.2. The molecule has 0 N–H and O–H groups in total. The van der Waals surface area contributed by atoms with Gasteiger partial charge >= 0.3 is 0 Å². The van der Waals surface area contributed by atoms with E-state index >= 15 is 0 Å². The second kappa shape index (κ2) is 13.2. The topological polar surface area (TPSA) is 74.6 Å². The number of oxazole rings is 1. The van der Waals surface area contributed by atoms with Crippen molar-refractivity contribution in [2.24, 2.45) is 0 Å². The van der Waals surface area contributed by atoms with Gasteiger partial charge in [-0.1, -0.05) is 146 Å². The average Bonchev–Trinajstić information content (AvgIpc) is 4.00. The molecular weight excluding hydrogens is 725 g/mol. The minimum Gasteiger partial charge on any atom is -0.435 e. The summed E-state index contributed by atoms with van der Waals surface area (Å²) in [5.74, 6) is 2.06. The van der Waals surface area contributed by atoms with Crippen LogP contribution in [0.3, 0.4) is 0 Å². The van der Waals surface area contributed by atoms with Crippen molar-refractivity contribution in [3.05, 3.63) is 194 Å². The molecule has 0 saturated heterocycles. The molecular formula is C52H32N6O. The van der Waals surface area contributed by atoms with Crippen molar-refractivity contribution >= 4 is 54.7 Å². The zero-order valence-electron chi connectivity index (χ0n) is 31.6. The molecule has 0 aliphatic rings. The van der Waals surface area contributed by atoms with Gasteiger partial charge in [0, 0.05) is 38.4 Å².